The molecule has 1 aliphatic heterocycles. The third-order valence-electron chi connectivity index (χ3n) is 4.56. The fourth-order valence-electron chi connectivity index (χ4n) is 2.89. The van der Waals surface area contributed by atoms with Crippen LogP contribution in [0.3, 0.4) is 0 Å². The van der Waals surface area contributed by atoms with Crippen molar-refractivity contribution in [3.05, 3.63) is 46.6 Å². The van der Waals surface area contributed by atoms with Gasteiger partial charge in [0.1, 0.15) is 11.0 Å². The fourth-order valence-corrected chi connectivity index (χ4v) is 3.80. The summed E-state index contributed by atoms with van der Waals surface area (Å²) >= 11 is 7.24. The van der Waals surface area contributed by atoms with Gasteiger partial charge in [0.05, 0.1) is 11.3 Å². The molecular weight excluding hydrogens is 439 g/mol. The highest BCUT2D eigenvalue weighted by Gasteiger charge is 2.30. The van der Waals surface area contributed by atoms with E-state index in [1.807, 2.05) is 0 Å². The molecule has 1 aromatic heterocycles. The number of alkyl halides is 3. The van der Waals surface area contributed by atoms with Crippen LogP contribution in [0.5, 0.6) is 0 Å². The maximum Gasteiger partial charge on any atom is 0.416 e. The first kappa shape index (κ1) is 22.6. The molecule has 0 radical (unpaired) electrons. The molecule has 1 aromatic carbocycles. The lowest BCUT2D eigenvalue weighted by atomic mass is 10.1. The van der Waals surface area contributed by atoms with Crippen molar-refractivity contribution in [3.8, 4) is 0 Å². The molecule has 0 saturated carbocycles. The van der Waals surface area contributed by atoms with Gasteiger partial charge in [-0.25, -0.2) is 9.97 Å². The number of hydrogen-bond donors (Lipinski definition) is 1. The third kappa shape index (κ3) is 6.48. The fraction of sp³-hybridized carbons (Fsp3) is 0.421. The highest BCUT2D eigenvalue weighted by atomic mass is 35.5. The number of halogens is 4. The van der Waals surface area contributed by atoms with E-state index in [4.69, 9.17) is 11.6 Å². The van der Waals surface area contributed by atoms with E-state index in [1.54, 1.807) is 6.07 Å². The number of hydrogen-bond acceptors (Lipinski definition) is 6. The minimum atomic E-state index is -4.42. The number of benzene rings is 1. The molecule has 1 amide bonds. The lowest BCUT2D eigenvalue weighted by molar-refractivity contribution is -0.137. The lowest BCUT2D eigenvalue weighted by Crippen LogP contribution is -2.44. The maximum absolute atomic E-state index is 12.8. The van der Waals surface area contributed by atoms with Gasteiger partial charge in [0.25, 0.3) is 0 Å². The molecule has 2 aromatic rings. The molecule has 30 heavy (non-hydrogen) atoms. The van der Waals surface area contributed by atoms with E-state index in [-0.39, 0.29) is 18.2 Å². The normalized spacial score (nSPS) is 15.3. The molecule has 162 valence electrons. The number of amides is 1. The molecule has 1 saturated heterocycles. The number of nitrogens with zero attached hydrogens (tertiary/aromatic N) is 4. The molecule has 1 aliphatic rings. The van der Waals surface area contributed by atoms with Gasteiger partial charge in [0.2, 0.25) is 5.91 Å². The molecule has 6 nitrogen and oxygen atoms in total. The Morgan fingerprint density at radius 2 is 1.93 bits per heavy atom. The van der Waals surface area contributed by atoms with Crippen molar-refractivity contribution < 1.29 is 18.0 Å². The number of anilines is 1. The van der Waals surface area contributed by atoms with Crippen LogP contribution in [0.25, 0.3) is 0 Å². The molecule has 1 N–H and O–H groups in total. The lowest BCUT2D eigenvalue weighted by Gasteiger charge is -2.33. The molecule has 0 bridgehead atoms. The van der Waals surface area contributed by atoms with Crippen LogP contribution in [0.1, 0.15) is 11.1 Å². The Hall–Kier alpha value is -2.04. The number of carbonyl (C=O) groups excluding carboxylic acids is 1. The summed E-state index contributed by atoms with van der Waals surface area (Å²) in [5.41, 5.74) is -0.369. The van der Waals surface area contributed by atoms with Crippen LogP contribution < -0.4 is 10.2 Å². The molecule has 0 aliphatic carbocycles. The Kier molecular flexibility index (Phi) is 7.43. The van der Waals surface area contributed by atoms with E-state index >= 15 is 0 Å². The predicted molar refractivity (Wildman–Crippen MR) is 111 cm³/mol. The Labute approximate surface area is 181 Å². The Morgan fingerprint density at radius 3 is 2.63 bits per heavy atom. The summed E-state index contributed by atoms with van der Waals surface area (Å²) < 4.78 is 38.3. The first-order chi connectivity index (χ1) is 14.2. The van der Waals surface area contributed by atoms with Crippen LogP contribution >= 0.6 is 23.4 Å². The van der Waals surface area contributed by atoms with Crippen molar-refractivity contribution >= 4 is 35.1 Å². The van der Waals surface area contributed by atoms with Crippen molar-refractivity contribution in [2.75, 3.05) is 43.9 Å². The highest BCUT2D eigenvalue weighted by molar-refractivity contribution is 7.99. The van der Waals surface area contributed by atoms with E-state index < -0.39 is 11.7 Å². The number of thioether (sulfide) groups is 1. The van der Waals surface area contributed by atoms with Crippen molar-refractivity contribution in [1.82, 2.24) is 20.2 Å². The summed E-state index contributed by atoms with van der Waals surface area (Å²) in [5, 5.41) is 3.29. The summed E-state index contributed by atoms with van der Waals surface area (Å²) in [7, 11) is 2.06. The van der Waals surface area contributed by atoms with E-state index in [0.717, 1.165) is 55.9 Å². The van der Waals surface area contributed by atoms with Crippen molar-refractivity contribution in [2.24, 2.45) is 0 Å². The molecule has 3 rings (SSSR count). The second kappa shape index (κ2) is 9.84. The number of nitrogens with one attached hydrogen (secondary N) is 1. The standard InChI is InChI=1S/C19H21ClF3N5OS/c1-27-5-7-28(8-6-27)16-10-15(20)25-18(26-16)30-12-17(29)24-11-13-3-2-4-14(9-13)19(21,22)23/h2-4,9-10H,5-8,11-12H2,1H3,(H,24,29). The van der Waals surface area contributed by atoms with Crippen LogP contribution in [0.4, 0.5) is 19.0 Å². The average molecular weight is 460 g/mol. The van der Waals surface area contributed by atoms with E-state index in [9.17, 15) is 18.0 Å². The summed E-state index contributed by atoms with van der Waals surface area (Å²) in [4.78, 5) is 25.1. The minimum Gasteiger partial charge on any atom is -0.354 e. The quantitative estimate of drug-likeness (QED) is 0.406. The first-order valence-corrected chi connectivity index (χ1v) is 10.6. The molecule has 0 unspecified atom stereocenters. The molecular formula is C19H21ClF3N5OS. The van der Waals surface area contributed by atoms with Crippen LogP contribution in [0.2, 0.25) is 5.15 Å². The van der Waals surface area contributed by atoms with E-state index in [2.05, 4.69) is 32.1 Å². The zero-order chi connectivity index (χ0) is 21.7. The van der Waals surface area contributed by atoms with E-state index in [0.29, 0.717) is 15.9 Å². The van der Waals surface area contributed by atoms with E-state index in [1.165, 1.54) is 12.1 Å². The number of piperazine rings is 1. The Morgan fingerprint density at radius 1 is 1.20 bits per heavy atom. The molecule has 1 fully saturated rings. The maximum atomic E-state index is 12.8. The van der Waals surface area contributed by atoms with Gasteiger partial charge in [-0.15, -0.1) is 0 Å². The molecule has 2 heterocycles. The van der Waals surface area contributed by atoms with Gasteiger partial charge in [-0.05, 0) is 24.7 Å². The summed E-state index contributed by atoms with van der Waals surface area (Å²) in [6.07, 6.45) is -4.42. The summed E-state index contributed by atoms with van der Waals surface area (Å²) in [6, 6.07) is 6.57. The van der Waals surface area contributed by atoms with Crippen LogP contribution in [-0.2, 0) is 17.5 Å². The zero-order valence-corrected chi connectivity index (χ0v) is 17.8. The van der Waals surface area contributed by atoms with Crippen LogP contribution in [0, 0.1) is 0 Å². The number of aromatic nitrogens is 2. The Bertz CT molecular complexity index is 891. The zero-order valence-electron chi connectivity index (χ0n) is 16.2. The predicted octanol–water partition coefficient (Wildman–Crippen LogP) is 3.31. The Balaban J connectivity index is 1.53. The first-order valence-electron chi connectivity index (χ1n) is 9.24. The molecule has 0 atom stereocenters. The summed E-state index contributed by atoms with van der Waals surface area (Å²) in [5.74, 6) is 0.415. The second-order valence-electron chi connectivity index (χ2n) is 6.89. The van der Waals surface area contributed by atoms with Gasteiger partial charge in [-0.1, -0.05) is 35.5 Å². The van der Waals surface area contributed by atoms with Crippen molar-refractivity contribution in [1.29, 1.82) is 0 Å². The third-order valence-corrected chi connectivity index (χ3v) is 5.61. The van der Waals surface area contributed by atoms with Gasteiger partial charge < -0.3 is 15.1 Å². The number of likely N-dealkylation sites (N-methyl/N-ethyl adjacent to an activating group) is 1. The van der Waals surface area contributed by atoms with Gasteiger partial charge in [-0.2, -0.15) is 13.2 Å². The largest absolute Gasteiger partial charge is 0.416 e. The molecule has 0 spiro atoms. The smallest absolute Gasteiger partial charge is 0.354 e. The second-order valence-corrected chi connectivity index (χ2v) is 8.22. The van der Waals surface area contributed by atoms with Gasteiger partial charge in [0, 0.05) is 38.8 Å². The van der Waals surface area contributed by atoms with Crippen molar-refractivity contribution in [3.63, 3.8) is 0 Å². The SMILES string of the molecule is CN1CCN(c2cc(Cl)nc(SCC(=O)NCc3cccc(C(F)(F)F)c3)n2)CC1. The van der Waals surface area contributed by atoms with Crippen LogP contribution in [-0.4, -0.2) is 59.8 Å². The molecule has 11 heteroatoms. The van der Waals surface area contributed by atoms with Gasteiger partial charge >= 0.3 is 6.18 Å². The summed E-state index contributed by atoms with van der Waals surface area (Å²) in [6.45, 7) is 3.49. The topological polar surface area (TPSA) is 61.4 Å². The number of rotatable bonds is 6. The number of carbonyl (C=O) groups is 1. The highest BCUT2D eigenvalue weighted by Crippen LogP contribution is 2.29. The van der Waals surface area contributed by atoms with Crippen molar-refractivity contribution in [2.45, 2.75) is 17.9 Å². The van der Waals surface area contributed by atoms with Gasteiger partial charge in [-0.3, -0.25) is 4.79 Å². The van der Waals surface area contributed by atoms with Crippen LogP contribution in [0.15, 0.2) is 35.5 Å². The monoisotopic (exact) mass is 459 g/mol. The average Bonchev–Trinajstić information content (AvgIpc) is 2.70. The minimum absolute atomic E-state index is 0.00621. The van der Waals surface area contributed by atoms with Gasteiger partial charge in [0.15, 0.2) is 5.16 Å².